The first-order valence-electron chi connectivity index (χ1n) is 11.4. The first-order valence-corrected chi connectivity index (χ1v) is 13.7. The number of hydrogen-bond acceptors (Lipinski definition) is 7. The van der Waals surface area contributed by atoms with Gasteiger partial charge in [0, 0.05) is 44.0 Å². The topological polar surface area (TPSA) is 126 Å². The van der Waals surface area contributed by atoms with Crippen LogP contribution in [0.1, 0.15) is 47.4 Å². The van der Waals surface area contributed by atoms with Gasteiger partial charge in [-0.2, -0.15) is 5.10 Å². The molecule has 10 nitrogen and oxygen atoms in total. The third-order valence-corrected chi connectivity index (χ3v) is 7.09. The Balaban J connectivity index is 0.00000361. The number of anilines is 2. The smallest absolute Gasteiger partial charge is 0.256 e. The molecule has 1 saturated heterocycles. The molecule has 2 atom stereocenters. The van der Waals surface area contributed by atoms with Gasteiger partial charge in [-0.25, -0.2) is 17.9 Å². The molecule has 1 aromatic carbocycles. The minimum Gasteiger partial charge on any atom is -0.355 e. The summed E-state index contributed by atoms with van der Waals surface area (Å²) in [5.74, 6) is 0.517. The van der Waals surface area contributed by atoms with Crippen molar-refractivity contribution in [1.82, 2.24) is 19.5 Å². The molecule has 1 aliphatic rings. The molecule has 1 aliphatic heterocycles. The van der Waals surface area contributed by atoms with Crippen molar-refractivity contribution in [3.63, 3.8) is 0 Å². The molecule has 0 unspecified atom stereocenters. The van der Waals surface area contributed by atoms with Gasteiger partial charge in [0.1, 0.15) is 5.82 Å². The second kappa shape index (κ2) is 10.8. The lowest BCUT2D eigenvalue weighted by Crippen LogP contribution is -2.32. The number of sulfonamides is 1. The summed E-state index contributed by atoms with van der Waals surface area (Å²) in [6.07, 6.45) is 4.47. The van der Waals surface area contributed by atoms with E-state index in [1.54, 1.807) is 28.6 Å². The molecule has 0 spiro atoms. The summed E-state index contributed by atoms with van der Waals surface area (Å²) in [5, 5.41) is 4.85. The van der Waals surface area contributed by atoms with Crippen LogP contribution in [0.5, 0.6) is 0 Å². The van der Waals surface area contributed by atoms with E-state index in [0.29, 0.717) is 17.8 Å². The van der Waals surface area contributed by atoms with E-state index < -0.39 is 10.0 Å². The highest BCUT2D eigenvalue weighted by Gasteiger charge is 2.28. The summed E-state index contributed by atoms with van der Waals surface area (Å²) < 4.78 is 27.8. The van der Waals surface area contributed by atoms with Gasteiger partial charge >= 0.3 is 0 Å². The number of para-hydroxylation sites is 1. The molecular weight excluding hydrogens is 525 g/mol. The number of aryl methyl sites for hydroxylation is 1. The summed E-state index contributed by atoms with van der Waals surface area (Å²) in [6.45, 7) is 5.59. The van der Waals surface area contributed by atoms with E-state index in [4.69, 9.17) is 27.4 Å². The van der Waals surface area contributed by atoms with Crippen LogP contribution in [0.3, 0.4) is 0 Å². The normalized spacial score (nSPS) is 16.6. The first kappa shape index (κ1) is 28.0. The van der Waals surface area contributed by atoms with Crippen molar-refractivity contribution in [2.45, 2.75) is 38.8 Å². The zero-order valence-corrected chi connectivity index (χ0v) is 23.0. The Labute approximate surface area is 222 Å². The molecular formula is C23H31Cl2N7O3S. The number of halogens is 2. The van der Waals surface area contributed by atoms with Gasteiger partial charge in [0.15, 0.2) is 5.65 Å². The van der Waals surface area contributed by atoms with Crippen LogP contribution in [0.15, 0.2) is 30.5 Å². The van der Waals surface area contributed by atoms with E-state index >= 15 is 0 Å². The van der Waals surface area contributed by atoms with Crippen LogP contribution in [0.4, 0.5) is 11.5 Å². The fraction of sp³-hybridized carbons (Fsp3) is 0.435. The highest BCUT2D eigenvalue weighted by molar-refractivity contribution is 7.92. The number of carbonyl (C=O) groups is 1. The Morgan fingerprint density at radius 2 is 2.11 bits per heavy atom. The van der Waals surface area contributed by atoms with Crippen molar-refractivity contribution in [2.24, 2.45) is 5.73 Å². The standard InChI is InChI=1S/C23H30ClN7O3S.ClH/c1-5-19(29(3)23(32)16-7-6-8-17(24)21(16)28-35(4,33)34)18-11-20-26-22(14(2)12-31(20)27-18)30-10-9-15(25)13-30;/h6-8,11-12,15,19,28H,5,9-10,13,25H2,1-4H3;1H/t15-,19-;/m0./s1. The molecule has 1 fully saturated rings. The third kappa shape index (κ3) is 5.69. The van der Waals surface area contributed by atoms with E-state index in [0.717, 1.165) is 37.1 Å². The van der Waals surface area contributed by atoms with E-state index in [9.17, 15) is 13.2 Å². The lowest BCUT2D eigenvalue weighted by Gasteiger charge is -2.27. The van der Waals surface area contributed by atoms with Crippen molar-refractivity contribution >= 4 is 57.1 Å². The average molecular weight is 557 g/mol. The summed E-state index contributed by atoms with van der Waals surface area (Å²) in [5.41, 5.74) is 8.66. The van der Waals surface area contributed by atoms with Gasteiger partial charge < -0.3 is 15.5 Å². The Morgan fingerprint density at radius 1 is 1.39 bits per heavy atom. The zero-order chi connectivity index (χ0) is 25.5. The fourth-order valence-corrected chi connectivity index (χ4v) is 5.35. The molecule has 1 amide bonds. The largest absolute Gasteiger partial charge is 0.355 e. The number of benzene rings is 1. The Kier molecular flexibility index (Phi) is 8.39. The van der Waals surface area contributed by atoms with Crippen LogP contribution < -0.4 is 15.4 Å². The highest BCUT2D eigenvalue weighted by atomic mass is 35.5. The van der Waals surface area contributed by atoms with Crippen LogP contribution in [-0.2, 0) is 10.0 Å². The number of carbonyl (C=O) groups excluding carboxylic acids is 1. The average Bonchev–Trinajstić information content (AvgIpc) is 3.39. The van der Waals surface area contributed by atoms with E-state index in [2.05, 4.69) is 9.62 Å². The van der Waals surface area contributed by atoms with Crippen molar-refractivity contribution in [2.75, 3.05) is 36.0 Å². The van der Waals surface area contributed by atoms with Crippen LogP contribution in [-0.4, -0.2) is 66.3 Å². The minimum absolute atomic E-state index is 0. The molecule has 0 aliphatic carbocycles. The van der Waals surface area contributed by atoms with Gasteiger partial charge in [-0.15, -0.1) is 12.4 Å². The number of amides is 1. The maximum Gasteiger partial charge on any atom is 0.256 e. The molecule has 2 aromatic heterocycles. The molecule has 4 rings (SSSR count). The third-order valence-electron chi connectivity index (χ3n) is 6.20. The summed E-state index contributed by atoms with van der Waals surface area (Å²) in [6, 6.07) is 6.35. The van der Waals surface area contributed by atoms with E-state index in [1.165, 1.54) is 6.07 Å². The predicted octanol–water partition coefficient (Wildman–Crippen LogP) is 3.25. The number of hydrogen-bond donors (Lipinski definition) is 2. The van der Waals surface area contributed by atoms with Crippen LogP contribution in [0.25, 0.3) is 5.65 Å². The summed E-state index contributed by atoms with van der Waals surface area (Å²) >= 11 is 6.23. The Morgan fingerprint density at radius 3 is 2.72 bits per heavy atom. The molecule has 3 heterocycles. The summed E-state index contributed by atoms with van der Waals surface area (Å²) in [7, 11) is -1.97. The zero-order valence-electron chi connectivity index (χ0n) is 20.6. The monoisotopic (exact) mass is 555 g/mol. The lowest BCUT2D eigenvalue weighted by atomic mass is 10.1. The number of nitrogens with zero attached hydrogens (tertiary/aromatic N) is 5. The molecule has 3 N–H and O–H groups in total. The minimum atomic E-state index is -3.64. The molecule has 196 valence electrons. The SMILES string of the molecule is CC[C@@H](c1cc2nc(N3CC[C@H](N)C3)c(C)cn2n1)N(C)C(=O)c1cccc(Cl)c1NS(C)(=O)=O.Cl. The first-order chi connectivity index (χ1) is 16.5. The van der Waals surface area contributed by atoms with Crippen LogP contribution in [0, 0.1) is 6.92 Å². The Hall–Kier alpha value is -2.60. The number of nitrogens with two attached hydrogens (primary N) is 1. The van der Waals surface area contributed by atoms with Gasteiger partial charge in [0.05, 0.1) is 34.3 Å². The van der Waals surface area contributed by atoms with Gasteiger partial charge in [0.2, 0.25) is 10.0 Å². The molecule has 0 bridgehead atoms. The van der Waals surface area contributed by atoms with Gasteiger partial charge in [-0.05, 0) is 31.9 Å². The van der Waals surface area contributed by atoms with Gasteiger partial charge in [-0.3, -0.25) is 9.52 Å². The Bertz CT molecular complexity index is 1380. The van der Waals surface area contributed by atoms with Gasteiger partial charge in [0.25, 0.3) is 5.91 Å². The molecule has 36 heavy (non-hydrogen) atoms. The number of fused-ring (bicyclic) bond motifs is 1. The number of rotatable bonds is 7. The predicted molar refractivity (Wildman–Crippen MR) is 145 cm³/mol. The van der Waals surface area contributed by atoms with Crippen LogP contribution >= 0.6 is 24.0 Å². The van der Waals surface area contributed by atoms with Gasteiger partial charge in [-0.1, -0.05) is 24.6 Å². The molecule has 13 heteroatoms. The van der Waals surface area contributed by atoms with Crippen LogP contribution in [0.2, 0.25) is 5.02 Å². The number of aromatic nitrogens is 3. The lowest BCUT2D eigenvalue weighted by molar-refractivity contribution is 0.0723. The van der Waals surface area contributed by atoms with Crippen molar-refractivity contribution < 1.29 is 13.2 Å². The second-order valence-electron chi connectivity index (χ2n) is 8.99. The van der Waals surface area contributed by atoms with E-state index in [-0.39, 0.29) is 46.7 Å². The highest BCUT2D eigenvalue weighted by Crippen LogP contribution is 2.31. The number of nitrogens with one attached hydrogen (secondary N) is 1. The van der Waals surface area contributed by atoms with Crippen molar-refractivity contribution in [3.05, 3.63) is 52.3 Å². The maximum atomic E-state index is 13.5. The quantitative estimate of drug-likeness (QED) is 0.458. The van der Waals surface area contributed by atoms with Crippen molar-refractivity contribution in [3.8, 4) is 0 Å². The molecule has 0 saturated carbocycles. The fourth-order valence-electron chi connectivity index (χ4n) is 4.49. The van der Waals surface area contributed by atoms with Crippen molar-refractivity contribution in [1.29, 1.82) is 0 Å². The van der Waals surface area contributed by atoms with E-state index in [1.807, 2.05) is 26.1 Å². The molecule has 3 aromatic rings. The summed E-state index contributed by atoms with van der Waals surface area (Å²) in [4.78, 5) is 22.0. The maximum absolute atomic E-state index is 13.5. The second-order valence-corrected chi connectivity index (χ2v) is 11.1. The molecule has 0 radical (unpaired) electrons.